The van der Waals surface area contributed by atoms with Gasteiger partial charge in [0.15, 0.2) is 17.2 Å². The number of hydrogen-bond donors (Lipinski definition) is 4. The normalized spacial score (nSPS) is 23.9. The molecule has 6 aromatic carbocycles. The summed E-state index contributed by atoms with van der Waals surface area (Å²) in [5, 5.41) is 28.7. The van der Waals surface area contributed by atoms with Crippen LogP contribution in [0.5, 0.6) is 46.0 Å². The zero-order valence-corrected chi connectivity index (χ0v) is 31.7. The van der Waals surface area contributed by atoms with E-state index >= 15 is 0 Å². The van der Waals surface area contributed by atoms with Gasteiger partial charge >= 0.3 is 29.0 Å². The van der Waals surface area contributed by atoms with Gasteiger partial charge in [-0.25, -0.2) is 0 Å². The van der Waals surface area contributed by atoms with Crippen LogP contribution in [0.25, 0.3) is 0 Å². The monoisotopic (exact) mass is 781 g/mol. The second kappa shape index (κ2) is 15.2. The SMILES string of the molecule is CC1N[P+]2(Oc3ccccc3)C(N[P+](Oc3ccccc3)(Oc3ccccc3)N=P1(Oc1ccccc1)Oc1cc(O)cc(O)c1)C2Oc1ccccc1. The minimum Gasteiger partial charge on any atom is -0.508 e. The summed E-state index contributed by atoms with van der Waals surface area (Å²) in [7, 11) is -10.5. The topological polar surface area (TPSA) is 132 Å². The first kappa shape index (κ1) is 35.7. The Balaban J connectivity index is 1.37. The van der Waals surface area contributed by atoms with Gasteiger partial charge in [0.25, 0.3) is 5.78 Å². The molecule has 5 unspecified atom stereocenters. The fraction of sp³-hybridized carbons (Fsp3) is 0.100. The van der Waals surface area contributed by atoms with Crippen LogP contribution in [0.2, 0.25) is 0 Å². The molecule has 5 atom stereocenters. The molecule has 6 aromatic rings. The number of hydrogen-bond acceptors (Lipinski definition) is 11. The van der Waals surface area contributed by atoms with E-state index in [-0.39, 0.29) is 17.2 Å². The number of phenolic OH excluding ortho intramolecular Hbond substituents is 2. The lowest BCUT2D eigenvalue weighted by molar-refractivity contribution is 0.303. The van der Waals surface area contributed by atoms with E-state index in [0.29, 0.717) is 28.7 Å². The smallest absolute Gasteiger partial charge is 0.508 e. The standard InChI is InChI=1S/C40H36N3O8P3/c1-30-41-52(47-34-19-9-3-10-20-34)39(40(52)46-33-17-7-2-8-18-33)42-54(50-36-23-13-5-14-24-36,51-37-25-15-6-16-26-37)43-53(30,48-35-21-11-4-12-22-35)49-38-28-31(44)27-32(45)29-38/h2-30,39-42H,1H3/p+2. The third-order valence-corrected chi connectivity index (χ3v) is 17.7. The Hall–Kier alpha value is -5.27. The summed E-state index contributed by atoms with van der Waals surface area (Å²) in [5.74, 6) is 0.691. The minimum atomic E-state index is -3.79. The molecule has 2 aliphatic heterocycles. The third-order valence-electron chi connectivity index (χ3n) is 8.42. The van der Waals surface area contributed by atoms with Crippen LogP contribution >= 0.6 is 23.2 Å². The van der Waals surface area contributed by atoms with E-state index in [1.54, 1.807) is 0 Å². The molecule has 11 nitrogen and oxygen atoms in total. The molecule has 0 amide bonds. The molecule has 4 N–H and O–H groups in total. The van der Waals surface area contributed by atoms with Gasteiger partial charge in [0.05, 0.1) is 0 Å². The van der Waals surface area contributed by atoms with E-state index in [2.05, 4.69) is 10.2 Å². The van der Waals surface area contributed by atoms with Gasteiger partial charge in [-0.2, -0.15) is 0 Å². The first-order chi connectivity index (χ1) is 26.3. The average molecular weight is 782 g/mol. The lowest BCUT2D eigenvalue weighted by atomic mass is 10.3. The van der Waals surface area contributed by atoms with Gasteiger partial charge in [0, 0.05) is 22.7 Å². The van der Waals surface area contributed by atoms with Crippen molar-refractivity contribution in [3.05, 3.63) is 170 Å². The lowest BCUT2D eigenvalue weighted by Gasteiger charge is -2.32. The van der Waals surface area contributed by atoms with Gasteiger partial charge in [0.2, 0.25) is 0 Å². The Bertz CT molecular complexity index is 2170. The van der Waals surface area contributed by atoms with E-state index in [4.69, 9.17) is 31.9 Å². The molecule has 1 fully saturated rings. The number of nitrogens with zero attached hydrogens (tertiary/aromatic N) is 1. The van der Waals surface area contributed by atoms with Crippen molar-refractivity contribution in [1.82, 2.24) is 10.2 Å². The maximum Gasteiger partial charge on any atom is 0.579 e. The summed E-state index contributed by atoms with van der Waals surface area (Å²) in [6, 6.07) is 50.9. The number of ether oxygens (including phenoxy) is 1. The van der Waals surface area contributed by atoms with Crippen LogP contribution in [-0.4, -0.2) is 27.6 Å². The Morgan fingerprint density at radius 1 is 0.519 bits per heavy atom. The molecule has 2 aliphatic rings. The predicted molar refractivity (Wildman–Crippen MR) is 212 cm³/mol. The quantitative estimate of drug-likeness (QED) is 0.0890. The van der Waals surface area contributed by atoms with E-state index in [1.807, 2.05) is 159 Å². The van der Waals surface area contributed by atoms with Crippen LogP contribution in [0.4, 0.5) is 0 Å². The molecule has 0 saturated carbocycles. The van der Waals surface area contributed by atoms with E-state index in [9.17, 15) is 10.2 Å². The molecule has 54 heavy (non-hydrogen) atoms. The van der Waals surface area contributed by atoms with E-state index < -0.39 is 40.6 Å². The Morgan fingerprint density at radius 3 is 1.44 bits per heavy atom. The summed E-state index contributed by atoms with van der Waals surface area (Å²) in [4.78, 5) is 0. The molecule has 2 heterocycles. The van der Waals surface area contributed by atoms with E-state index in [1.165, 1.54) is 18.2 Å². The van der Waals surface area contributed by atoms with Crippen molar-refractivity contribution in [1.29, 1.82) is 0 Å². The zero-order valence-electron chi connectivity index (χ0n) is 29.0. The third kappa shape index (κ3) is 7.83. The molecule has 0 radical (unpaired) electrons. The van der Waals surface area contributed by atoms with Gasteiger partial charge in [0.1, 0.15) is 34.5 Å². The predicted octanol–water partition coefficient (Wildman–Crippen LogP) is 10.6. The Kier molecular flexibility index (Phi) is 10.1. The molecule has 0 aromatic heterocycles. The van der Waals surface area contributed by atoms with Crippen molar-refractivity contribution in [3.63, 3.8) is 0 Å². The number of nitrogens with one attached hydrogen (secondary N) is 2. The van der Waals surface area contributed by atoms with Crippen molar-refractivity contribution in [2.45, 2.75) is 24.3 Å². The average Bonchev–Trinajstić information content (AvgIpc) is 3.72. The first-order valence-corrected chi connectivity index (χ1v) is 22.3. The van der Waals surface area contributed by atoms with Crippen molar-refractivity contribution in [3.8, 4) is 46.0 Å². The summed E-state index contributed by atoms with van der Waals surface area (Å²) in [5.41, 5.74) is 0. The fourth-order valence-corrected chi connectivity index (χ4v) is 16.6. The molecule has 274 valence electrons. The summed E-state index contributed by atoms with van der Waals surface area (Å²) in [6.07, 6.45) is 0. The number of fused-ring (bicyclic) bond motifs is 1. The van der Waals surface area contributed by atoms with Crippen LogP contribution in [0, 0.1) is 0 Å². The van der Waals surface area contributed by atoms with Gasteiger partial charge in [-0.15, -0.1) is 5.09 Å². The van der Waals surface area contributed by atoms with Gasteiger partial charge < -0.3 is 28.5 Å². The summed E-state index contributed by atoms with van der Waals surface area (Å²) >= 11 is 0. The van der Waals surface area contributed by atoms with E-state index in [0.717, 1.165) is 0 Å². The molecule has 8 rings (SSSR count). The maximum absolute atomic E-state index is 10.6. The Morgan fingerprint density at radius 2 is 0.944 bits per heavy atom. The fourth-order valence-electron chi connectivity index (χ4n) is 5.94. The number of rotatable bonds is 12. The number of para-hydroxylation sites is 5. The van der Waals surface area contributed by atoms with Crippen LogP contribution in [0.3, 0.4) is 0 Å². The highest BCUT2D eigenvalue weighted by atomic mass is 31.3. The van der Waals surface area contributed by atoms with Gasteiger partial charge in [-0.3, -0.25) is 9.05 Å². The second-order valence-corrected chi connectivity index (χ2v) is 20.1. The first-order valence-electron chi connectivity index (χ1n) is 17.2. The number of aromatic hydroxyl groups is 2. The summed E-state index contributed by atoms with van der Waals surface area (Å²) in [6.45, 7) is 1.92. The zero-order chi connectivity index (χ0) is 37.0. The number of benzene rings is 6. The van der Waals surface area contributed by atoms with Crippen molar-refractivity contribution < 1.29 is 37.6 Å². The van der Waals surface area contributed by atoms with Crippen LogP contribution in [0.1, 0.15) is 6.92 Å². The highest BCUT2D eigenvalue weighted by molar-refractivity contribution is 7.81. The lowest BCUT2D eigenvalue weighted by Crippen LogP contribution is -2.35. The molecule has 1 saturated heterocycles. The highest BCUT2D eigenvalue weighted by Crippen LogP contribution is 2.86. The molecule has 0 aliphatic carbocycles. The van der Waals surface area contributed by atoms with Gasteiger partial charge in [-0.05, 0) is 67.6 Å². The highest BCUT2D eigenvalue weighted by Gasteiger charge is 2.88. The summed E-state index contributed by atoms with van der Waals surface area (Å²) < 4.78 is 47.1. The molecular formula is C40H38N3O8P3+2. The minimum absolute atomic E-state index is 0.119. The molecule has 14 heteroatoms. The van der Waals surface area contributed by atoms with Crippen molar-refractivity contribution in [2.75, 3.05) is 0 Å². The number of phenols is 2. The maximum atomic E-state index is 10.6. The molecular weight excluding hydrogens is 743 g/mol. The molecule has 0 bridgehead atoms. The Labute approximate surface area is 314 Å². The van der Waals surface area contributed by atoms with Gasteiger partial charge in [-0.1, -0.05) is 96.1 Å². The molecule has 0 spiro atoms. The van der Waals surface area contributed by atoms with Crippen molar-refractivity contribution >= 4 is 23.2 Å². The van der Waals surface area contributed by atoms with Crippen LogP contribution in [-0.2, 0) is 0 Å². The van der Waals surface area contributed by atoms with Crippen LogP contribution < -0.4 is 37.5 Å². The van der Waals surface area contributed by atoms with Crippen molar-refractivity contribution in [2.24, 2.45) is 4.52 Å². The van der Waals surface area contributed by atoms with Crippen LogP contribution in [0.15, 0.2) is 174 Å². The largest absolute Gasteiger partial charge is 0.579 e. The second-order valence-electron chi connectivity index (χ2n) is 12.5.